The van der Waals surface area contributed by atoms with Crippen molar-refractivity contribution >= 4 is 24.3 Å². The molecule has 1 aromatic rings. The number of azide groups is 1. The lowest BCUT2D eigenvalue weighted by atomic mass is 10.1. The summed E-state index contributed by atoms with van der Waals surface area (Å²) in [5.74, 6) is 0.0608. The van der Waals surface area contributed by atoms with Crippen LogP contribution in [0.3, 0.4) is 0 Å². The number of nitrogens with zero attached hydrogens (tertiary/aromatic N) is 7. The quantitative estimate of drug-likeness (QED) is 0.128. The standard InChI is InChI=1S/C12H18N9O6PS/c1-3-7-9(27-28(29,20-23)24-2)10(25-6-15-18-13)11(26-7)21-5-4-8(17-19-14)16-12(21)22/h4-5,7,9-11H,3,6H2,1-2H3,(H2,14,16,17,22)/t7-,9?,10+,11-,28?/m1/s1. The molecule has 29 heavy (non-hydrogen) atoms. The molecule has 2 unspecified atom stereocenters. The van der Waals surface area contributed by atoms with E-state index in [2.05, 4.69) is 30.6 Å². The van der Waals surface area contributed by atoms with Gasteiger partial charge in [-0.2, -0.15) is 10.5 Å². The zero-order chi connectivity index (χ0) is 21.4. The third-order valence-electron chi connectivity index (χ3n) is 3.94. The molecule has 2 heterocycles. The molecule has 0 aromatic carbocycles. The van der Waals surface area contributed by atoms with E-state index >= 15 is 0 Å². The summed E-state index contributed by atoms with van der Waals surface area (Å²) < 4.78 is 23.2. The molecule has 0 aliphatic carbocycles. The maximum absolute atomic E-state index is 12.4. The van der Waals surface area contributed by atoms with Crippen LogP contribution in [0, 0.1) is 10.4 Å². The second kappa shape index (κ2) is 10.5. The Morgan fingerprint density at radius 2 is 2.31 bits per heavy atom. The molecule has 1 aromatic heterocycles. The molecular weight excluding hydrogens is 429 g/mol. The lowest BCUT2D eigenvalue weighted by Crippen LogP contribution is -2.38. The first-order valence-corrected chi connectivity index (χ1v) is 10.7. The largest absolute Gasteiger partial charge is 0.365 e. The summed E-state index contributed by atoms with van der Waals surface area (Å²) in [6, 6.07) is 1.40. The van der Waals surface area contributed by atoms with Gasteiger partial charge in [-0.15, -0.1) is 4.91 Å². The molecular formula is C12H18N9O6PS. The maximum Gasteiger partial charge on any atom is 0.351 e. The summed E-state index contributed by atoms with van der Waals surface area (Å²) in [5.41, 5.74) is 16.8. The van der Waals surface area contributed by atoms with E-state index in [4.69, 9.17) is 41.4 Å². The molecule has 2 N–H and O–H groups in total. The minimum Gasteiger partial charge on any atom is -0.365 e. The third-order valence-corrected chi connectivity index (χ3v) is 6.01. The molecule has 1 saturated heterocycles. The van der Waals surface area contributed by atoms with Crippen molar-refractivity contribution in [2.24, 2.45) is 15.3 Å². The highest BCUT2D eigenvalue weighted by molar-refractivity contribution is 8.09. The van der Waals surface area contributed by atoms with E-state index in [1.807, 2.05) is 0 Å². The van der Waals surface area contributed by atoms with Gasteiger partial charge in [0.25, 0.3) is 0 Å². The van der Waals surface area contributed by atoms with Crippen molar-refractivity contribution < 1.29 is 18.5 Å². The molecule has 0 spiro atoms. The van der Waals surface area contributed by atoms with Gasteiger partial charge in [-0.1, -0.05) is 17.3 Å². The molecule has 1 aliphatic rings. The Bertz CT molecular complexity index is 893. The number of anilines is 1. The van der Waals surface area contributed by atoms with Gasteiger partial charge < -0.3 is 18.5 Å². The molecule has 0 radical (unpaired) electrons. The lowest BCUT2D eigenvalue weighted by Gasteiger charge is -2.26. The Kier molecular flexibility index (Phi) is 8.28. The molecule has 17 heteroatoms. The first-order valence-electron chi connectivity index (χ1n) is 8.11. The number of rotatable bonds is 11. The van der Waals surface area contributed by atoms with Gasteiger partial charge in [0.15, 0.2) is 12.0 Å². The molecule has 1 fully saturated rings. The monoisotopic (exact) mass is 447 g/mol. The summed E-state index contributed by atoms with van der Waals surface area (Å²) in [7, 11) is 1.20. The van der Waals surface area contributed by atoms with Crippen molar-refractivity contribution in [1.82, 2.24) is 9.55 Å². The first-order chi connectivity index (χ1) is 13.9. The van der Waals surface area contributed by atoms with E-state index in [-0.39, 0.29) is 12.5 Å². The van der Waals surface area contributed by atoms with Crippen LogP contribution in [-0.2, 0) is 30.3 Å². The van der Waals surface area contributed by atoms with Crippen molar-refractivity contribution in [1.29, 1.82) is 5.53 Å². The molecule has 2 rings (SSSR count). The van der Waals surface area contributed by atoms with E-state index in [0.29, 0.717) is 6.42 Å². The van der Waals surface area contributed by atoms with Crippen molar-refractivity contribution in [3.63, 3.8) is 0 Å². The van der Waals surface area contributed by atoms with Crippen LogP contribution in [0.4, 0.5) is 5.82 Å². The second-order valence-electron chi connectivity index (χ2n) is 5.49. The number of nitrogens with one attached hydrogen (secondary N) is 2. The highest BCUT2D eigenvalue weighted by Gasteiger charge is 2.49. The maximum atomic E-state index is 12.4. The predicted molar refractivity (Wildman–Crippen MR) is 102 cm³/mol. The number of hydrogen-bond acceptors (Lipinski definition) is 11. The molecule has 0 amide bonds. The molecule has 1 aliphatic heterocycles. The highest BCUT2D eigenvalue weighted by atomic mass is 32.5. The fraction of sp³-hybridized carbons (Fsp3) is 0.667. The van der Waals surface area contributed by atoms with E-state index in [0.717, 1.165) is 4.57 Å². The summed E-state index contributed by atoms with van der Waals surface area (Å²) in [6.45, 7) is -2.10. The first kappa shape index (κ1) is 23.0. The molecule has 158 valence electrons. The molecule has 15 nitrogen and oxygen atoms in total. The minimum atomic E-state index is -3.51. The Balaban J connectivity index is 2.43. The van der Waals surface area contributed by atoms with Gasteiger partial charge in [-0.25, -0.2) is 10.2 Å². The van der Waals surface area contributed by atoms with E-state index < -0.39 is 36.9 Å². The molecule has 0 saturated carbocycles. The average Bonchev–Trinajstić information content (AvgIpc) is 3.05. The van der Waals surface area contributed by atoms with Gasteiger partial charge in [-0.05, 0) is 29.8 Å². The molecule has 0 bridgehead atoms. The van der Waals surface area contributed by atoms with Gasteiger partial charge in [0.05, 0.1) is 6.10 Å². The highest BCUT2D eigenvalue weighted by Crippen LogP contribution is 2.53. The lowest BCUT2D eigenvalue weighted by molar-refractivity contribution is -0.0676. The van der Waals surface area contributed by atoms with Gasteiger partial charge >= 0.3 is 12.3 Å². The Hall–Kier alpha value is -2.32. The van der Waals surface area contributed by atoms with Crippen molar-refractivity contribution in [3.8, 4) is 0 Å². The van der Waals surface area contributed by atoms with E-state index in [9.17, 15) is 9.70 Å². The second-order valence-corrected chi connectivity index (χ2v) is 8.55. The number of ether oxygens (including phenoxy) is 2. The van der Waals surface area contributed by atoms with Gasteiger partial charge in [0.1, 0.15) is 18.9 Å². The Morgan fingerprint density at radius 1 is 1.55 bits per heavy atom. The third kappa shape index (κ3) is 5.39. The summed E-state index contributed by atoms with van der Waals surface area (Å²) in [5, 5.41) is 6.25. The van der Waals surface area contributed by atoms with Crippen molar-refractivity contribution in [2.75, 3.05) is 19.3 Å². The summed E-state index contributed by atoms with van der Waals surface area (Å²) in [6.07, 6.45) is -1.83. The minimum absolute atomic E-state index is 0.0608. The fourth-order valence-corrected chi connectivity index (χ4v) is 3.74. The van der Waals surface area contributed by atoms with Gasteiger partial charge in [-0.3, -0.25) is 4.57 Å². The zero-order valence-electron chi connectivity index (χ0n) is 15.3. The Labute approximate surface area is 169 Å². The van der Waals surface area contributed by atoms with Crippen molar-refractivity contribution in [2.45, 2.75) is 37.9 Å². The molecule has 5 atom stereocenters. The number of aromatic nitrogens is 2. The van der Waals surface area contributed by atoms with Gasteiger partial charge in [0.2, 0.25) is 0 Å². The van der Waals surface area contributed by atoms with Crippen LogP contribution in [0.5, 0.6) is 0 Å². The van der Waals surface area contributed by atoms with Crippen LogP contribution in [0.25, 0.3) is 10.4 Å². The van der Waals surface area contributed by atoms with Gasteiger partial charge in [0, 0.05) is 23.2 Å². The van der Waals surface area contributed by atoms with Crippen molar-refractivity contribution in [3.05, 3.63) is 38.1 Å². The zero-order valence-corrected chi connectivity index (χ0v) is 17.0. The Morgan fingerprint density at radius 3 is 2.86 bits per heavy atom. The van der Waals surface area contributed by atoms with Crippen LogP contribution in [-0.4, -0.2) is 41.7 Å². The summed E-state index contributed by atoms with van der Waals surface area (Å²) >= 11 is 5.03. The predicted octanol–water partition coefficient (Wildman–Crippen LogP) is 2.58. The summed E-state index contributed by atoms with van der Waals surface area (Å²) in [4.78, 5) is 32.7. The van der Waals surface area contributed by atoms with E-state index in [1.54, 1.807) is 6.92 Å². The topological polar surface area (TPSA) is 198 Å². The van der Waals surface area contributed by atoms with Crippen LogP contribution in [0.1, 0.15) is 19.6 Å². The number of nitroso groups, excluding NO2 is 1. The van der Waals surface area contributed by atoms with Crippen LogP contribution >= 0.6 is 6.64 Å². The van der Waals surface area contributed by atoms with Crippen LogP contribution in [0.15, 0.2) is 32.3 Å². The average molecular weight is 447 g/mol. The van der Waals surface area contributed by atoms with Crippen LogP contribution < -0.4 is 11.1 Å². The number of hydrogen-bond donors (Lipinski definition) is 2. The normalized spacial score (nSPS) is 25.6. The van der Waals surface area contributed by atoms with Crippen LogP contribution in [0.2, 0.25) is 0 Å². The fourth-order valence-electron chi connectivity index (χ4n) is 2.69. The van der Waals surface area contributed by atoms with E-state index in [1.165, 1.54) is 19.4 Å². The SMILES string of the molecule is CC[C@H]1O[C@@H](n2ccc(NN=N)nc2=O)[C@@H](OCN=[N+]=[N-])C1OP(=S)(N=O)OC. The smallest absolute Gasteiger partial charge is 0.351 e.